The van der Waals surface area contributed by atoms with Gasteiger partial charge in [-0.3, -0.25) is 0 Å². The van der Waals surface area contributed by atoms with Crippen LogP contribution in [0.4, 0.5) is 11.4 Å². The van der Waals surface area contributed by atoms with Crippen molar-refractivity contribution < 1.29 is 9.84 Å². The van der Waals surface area contributed by atoms with Crippen molar-refractivity contribution in [2.75, 3.05) is 44.0 Å². The number of ether oxygens (including phenoxy) is 1. The van der Waals surface area contributed by atoms with E-state index in [4.69, 9.17) is 15.6 Å². The maximum Gasteiger partial charge on any atom is 0.0637 e. The predicted molar refractivity (Wildman–Crippen MR) is 74.7 cm³/mol. The van der Waals surface area contributed by atoms with Crippen LogP contribution in [0.25, 0.3) is 0 Å². The van der Waals surface area contributed by atoms with Gasteiger partial charge in [-0.1, -0.05) is 0 Å². The molecule has 3 N–H and O–H groups in total. The number of nitrogens with two attached hydrogens (primary N) is 1. The Labute approximate surface area is 110 Å². The number of aliphatic hydroxyl groups excluding tert-OH is 1. The van der Waals surface area contributed by atoms with Gasteiger partial charge in [0.25, 0.3) is 0 Å². The van der Waals surface area contributed by atoms with Crippen LogP contribution in [0, 0.1) is 3.57 Å². The van der Waals surface area contributed by atoms with Crippen molar-refractivity contribution in [3.63, 3.8) is 0 Å². The molecule has 0 bridgehead atoms. The quantitative estimate of drug-likeness (QED) is 0.608. The number of aliphatic hydroxyl groups is 1. The standard InChI is InChI=1S/C11H17IN2O2/c1-16-7-5-14(4-6-15)11-3-2-9(12)8-10(11)13/h2-3,8,15H,4-7,13H2,1H3. The van der Waals surface area contributed by atoms with Gasteiger partial charge in [0.1, 0.15) is 0 Å². The van der Waals surface area contributed by atoms with E-state index in [9.17, 15) is 0 Å². The number of benzene rings is 1. The number of rotatable bonds is 6. The maximum absolute atomic E-state index is 9.02. The Morgan fingerprint density at radius 2 is 2.19 bits per heavy atom. The van der Waals surface area contributed by atoms with Crippen molar-refractivity contribution in [3.8, 4) is 0 Å². The van der Waals surface area contributed by atoms with Crippen molar-refractivity contribution in [2.24, 2.45) is 0 Å². The second-order valence-electron chi connectivity index (χ2n) is 3.41. The minimum atomic E-state index is 0.106. The first kappa shape index (κ1) is 13.5. The van der Waals surface area contributed by atoms with E-state index in [1.807, 2.05) is 23.1 Å². The Kier molecular flexibility index (Phi) is 5.86. The zero-order chi connectivity index (χ0) is 12.0. The van der Waals surface area contributed by atoms with Crippen molar-refractivity contribution in [1.29, 1.82) is 0 Å². The van der Waals surface area contributed by atoms with Gasteiger partial charge in [-0.25, -0.2) is 0 Å². The van der Waals surface area contributed by atoms with Crippen LogP contribution in [0.15, 0.2) is 18.2 Å². The average Bonchev–Trinajstić information content (AvgIpc) is 2.25. The first-order chi connectivity index (χ1) is 7.69. The number of halogens is 1. The molecule has 0 amide bonds. The highest BCUT2D eigenvalue weighted by molar-refractivity contribution is 14.1. The summed E-state index contributed by atoms with van der Waals surface area (Å²) < 4.78 is 6.14. The molecule has 1 aromatic carbocycles. The monoisotopic (exact) mass is 336 g/mol. The van der Waals surface area contributed by atoms with Crippen molar-refractivity contribution >= 4 is 34.0 Å². The highest BCUT2D eigenvalue weighted by Crippen LogP contribution is 2.24. The summed E-state index contributed by atoms with van der Waals surface area (Å²) >= 11 is 2.22. The van der Waals surface area contributed by atoms with Gasteiger partial charge in [0, 0.05) is 23.8 Å². The summed E-state index contributed by atoms with van der Waals surface area (Å²) in [6.07, 6.45) is 0. The van der Waals surface area contributed by atoms with E-state index in [0.29, 0.717) is 13.2 Å². The van der Waals surface area contributed by atoms with Gasteiger partial charge in [-0.15, -0.1) is 0 Å². The lowest BCUT2D eigenvalue weighted by Gasteiger charge is -2.25. The van der Waals surface area contributed by atoms with Crippen LogP contribution >= 0.6 is 22.6 Å². The van der Waals surface area contributed by atoms with Gasteiger partial charge in [0.2, 0.25) is 0 Å². The van der Waals surface area contributed by atoms with Gasteiger partial charge in [0.05, 0.1) is 24.6 Å². The van der Waals surface area contributed by atoms with Gasteiger partial charge in [-0.05, 0) is 40.8 Å². The average molecular weight is 336 g/mol. The summed E-state index contributed by atoms with van der Waals surface area (Å²) in [5.41, 5.74) is 7.64. The molecule has 16 heavy (non-hydrogen) atoms. The minimum absolute atomic E-state index is 0.106. The largest absolute Gasteiger partial charge is 0.397 e. The third kappa shape index (κ3) is 3.80. The first-order valence-corrected chi connectivity index (χ1v) is 6.16. The van der Waals surface area contributed by atoms with Gasteiger partial charge in [-0.2, -0.15) is 0 Å². The molecule has 0 unspecified atom stereocenters. The fourth-order valence-electron chi connectivity index (χ4n) is 1.49. The number of nitrogen functional groups attached to an aromatic ring is 1. The molecular formula is C11H17IN2O2. The van der Waals surface area contributed by atoms with E-state index in [2.05, 4.69) is 22.6 Å². The lowest BCUT2D eigenvalue weighted by Crippen LogP contribution is -2.30. The van der Waals surface area contributed by atoms with Crippen LogP contribution in [0.1, 0.15) is 0 Å². The molecule has 0 radical (unpaired) electrons. The number of hydrogen-bond donors (Lipinski definition) is 2. The van der Waals surface area contributed by atoms with E-state index in [0.717, 1.165) is 21.5 Å². The van der Waals surface area contributed by atoms with Gasteiger partial charge in [0.15, 0.2) is 0 Å². The minimum Gasteiger partial charge on any atom is -0.397 e. The molecule has 5 heteroatoms. The lowest BCUT2D eigenvalue weighted by molar-refractivity contribution is 0.203. The molecule has 4 nitrogen and oxygen atoms in total. The van der Waals surface area contributed by atoms with Crippen LogP contribution in [0.3, 0.4) is 0 Å². The normalized spacial score (nSPS) is 10.4. The summed E-state index contributed by atoms with van der Waals surface area (Å²) in [7, 11) is 1.66. The third-order valence-corrected chi connectivity index (χ3v) is 2.94. The molecule has 0 spiro atoms. The topological polar surface area (TPSA) is 58.7 Å². The van der Waals surface area contributed by atoms with E-state index in [-0.39, 0.29) is 6.61 Å². The Bertz CT molecular complexity index is 334. The fourth-order valence-corrected chi connectivity index (χ4v) is 2.00. The summed E-state index contributed by atoms with van der Waals surface area (Å²) in [4.78, 5) is 2.02. The number of nitrogens with zero attached hydrogens (tertiary/aromatic N) is 1. The maximum atomic E-state index is 9.02. The van der Waals surface area contributed by atoms with Gasteiger partial charge >= 0.3 is 0 Å². The van der Waals surface area contributed by atoms with Crippen LogP contribution in [-0.4, -0.2) is 38.5 Å². The molecule has 0 atom stereocenters. The predicted octanol–water partition coefficient (Wildman–Crippen LogP) is 1.32. The molecule has 1 rings (SSSR count). The van der Waals surface area contributed by atoms with Crippen LogP contribution in [-0.2, 0) is 4.74 Å². The third-order valence-electron chi connectivity index (χ3n) is 2.27. The van der Waals surface area contributed by atoms with Crippen molar-refractivity contribution in [3.05, 3.63) is 21.8 Å². The van der Waals surface area contributed by atoms with Gasteiger partial charge < -0.3 is 20.5 Å². The molecular weight excluding hydrogens is 319 g/mol. The molecule has 0 heterocycles. The molecule has 1 aromatic rings. The van der Waals surface area contributed by atoms with Crippen molar-refractivity contribution in [2.45, 2.75) is 0 Å². The smallest absolute Gasteiger partial charge is 0.0637 e. The van der Waals surface area contributed by atoms with E-state index < -0.39 is 0 Å². The summed E-state index contributed by atoms with van der Waals surface area (Å²) in [6, 6.07) is 5.90. The van der Waals surface area contributed by atoms with E-state index in [1.54, 1.807) is 7.11 Å². The lowest BCUT2D eigenvalue weighted by atomic mass is 10.2. The Balaban J connectivity index is 2.82. The summed E-state index contributed by atoms with van der Waals surface area (Å²) in [5, 5.41) is 9.02. The Morgan fingerprint density at radius 3 is 2.75 bits per heavy atom. The Morgan fingerprint density at radius 1 is 1.44 bits per heavy atom. The zero-order valence-electron chi connectivity index (χ0n) is 9.32. The summed E-state index contributed by atoms with van der Waals surface area (Å²) in [6.45, 7) is 2.01. The van der Waals surface area contributed by atoms with Crippen LogP contribution in [0.5, 0.6) is 0 Å². The fraction of sp³-hybridized carbons (Fsp3) is 0.455. The molecule has 0 aliphatic heterocycles. The molecule has 0 saturated heterocycles. The molecule has 90 valence electrons. The molecule has 0 saturated carbocycles. The highest BCUT2D eigenvalue weighted by atomic mass is 127. The molecule has 0 fully saturated rings. The first-order valence-electron chi connectivity index (χ1n) is 5.08. The van der Waals surface area contributed by atoms with Crippen molar-refractivity contribution in [1.82, 2.24) is 0 Å². The summed E-state index contributed by atoms with van der Waals surface area (Å²) in [5.74, 6) is 0. The number of anilines is 2. The van der Waals surface area contributed by atoms with Crippen LogP contribution < -0.4 is 10.6 Å². The number of methoxy groups -OCH3 is 1. The SMILES string of the molecule is COCCN(CCO)c1ccc(I)cc1N. The number of hydrogen-bond acceptors (Lipinski definition) is 4. The molecule has 0 aromatic heterocycles. The Hall–Kier alpha value is -0.530. The van der Waals surface area contributed by atoms with E-state index in [1.165, 1.54) is 0 Å². The second-order valence-corrected chi connectivity index (χ2v) is 4.65. The van der Waals surface area contributed by atoms with E-state index >= 15 is 0 Å². The highest BCUT2D eigenvalue weighted by Gasteiger charge is 2.09. The zero-order valence-corrected chi connectivity index (χ0v) is 11.5. The molecule has 0 aliphatic carbocycles. The van der Waals surface area contributed by atoms with Crippen LogP contribution in [0.2, 0.25) is 0 Å². The molecule has 0 aliphatic rings. The second kappa shape index (κ2) is 6.93.